The molecule has 0 unspecified atom stereocenters. The number of ether oxygens (including phenoxy) is 1. The number of hydrogen-bond donors (Lipinski definition) is 1. The summed E-state index contributed by atoms with van der Waals surface area (Å²) in [4.78, 5) is 11.9. The van der Waals surface area contributed by atoms with Crippen molar-refractivity contribution in [3.8, 4) is 5.75 Å². The lowest BCUT2D eigenvalue weighted by Gasteiger charge is -2.20. The molecule has 1 amide bonds. The second-order valence-corrected chi connectivity index (χ2v) is 5.34. The summed E-state index contributed by atoms with van der Waals surface area (Å²) in [5.41, 5.74) is 1.08. The number of rotatable bonds is 5. The van der Waals surface area contributed by atoms with E-state index in [0.29, 0.717) is 18.9 Å². The molecule has 104 valence electrons. The highest BCUT2D eigenvalue weighted by Crippen LogP contribution is 2.26. The summed E-state index contributed by atoms with van der Waals surface area (Å²) in [6, 6.07) is 7.82. The predicted molar refractivity (Wildman–Crippen MR) is 76.0 cm³/mol. The molecule has 0 heterocycles. The van der Waals surface area contributed by atoms with E-state index >= 15 is 0 Å². The van der Waals surface area contributed by atoms with Crippen LogP contribution >= 0.6 is 0 Å². The third-order valence-corrected chi connectivity index (χ3v) is 3.82. The lowest BCUT2D eigenvalue weighted by molar-refractivity contribution is -0.122. The van der Waals surface area contributed by atoms with E-state index in [1.54, 1.807) is 7.11 Å². The van der Waals surface area contributed by atoms with Gasteiger partial charge in [0.2, 0.25) is 5.91 Å². The Bertz CT molecular complexity index is 411. The van der Waals surface area contributed by atoms with Crippen LogP contribution in [0.3, 0.4) is 0 Å². The quantitative estimate of drug-likeness (QED) is 0.883. The van der Waals surface area contributed by atoms with Crippen LogP contribution in [0.4, 0.5) is 0 Å². The molecule has 1 aromatic rings. The minimum atomic E-state index is 0.176. The number of carbonyl (C=O) groups is 1. The van der Waals surface area contributed by atoms with Gasteiger partial charge in [-0.2, -0.15) is 0 Å². The van der Waals surface area contributed by atoms with Crippen molar-refractivity contribution < 1.29 is 9.53 Å². The molecule has 1 aliphatic rings. The van der Waals surface area contributed by atoms with Crippen LogP contribution in [-0.2, 0) is 11.3 Å². The first kappa shape index (κ1) is 13.9. The van der Waals surface area contributed by atoms with E-state index in [9.17, 15) is 4.79 Å². The maximum Gasteiger partial charge on any atom is 0.220 e. The fourth-order valence-electron chi connectivity index (χ4n) is 2.71. The van der Waals surface area contributed by atoms with Crippen LogP contribution in [0, 0.1) is 5.92 Å². The normalized spacial score (nSPS) is 16.1. The summed E-state index contributed by atoms with van der Waals surface area (Å²) >= 11 is 0. The minimum Gasteiger partial charge on any atom is -0.497 e. The molecule has 3 heteroatoms. The van der Waals surface area contributed by atoms with Crippen molar-refractivity contribution in [1.82, 2.24) is 5.32 Å². The first-order chi connectivity index (χ1) is 9.28. The standard InChI is InChI=1S/C16H23NO2/c1-19-15-9-5-8-14(10-15)12-17-16(18)11-13-6-3-2-4-7-13/h5,8-10,13H,2-4,6-7,11-12H2,1H3,(H,17,18). The van der Waals surface area contributed by atoms with Crippen LogP contribution in [0.25, 0.3) is 0 Å². The molecule has 1 saturated carbocycles. The fraction of sp³-hybridized carbons (Fsp3) is 0.562. The Labute approximate surface area is 115 Å². The van der Waals surface area contributed by atoms with Crippen molar-refractivity contribution in [2.24, 2.45) is 5.92 Å². The van der Waals surface area contributed by atoms with Crippen LogP contribution in [-0.4, -0.2) is 13.0 Å². The second kappa shape index (κ2) is 7.17. The molecule has 1 aliphatic carbocycles. The fourth-order valence-corrected chi connectivity index (χ4v) is 2.71. The van der Waals surface area contributed by atoms with Gasteiger partial charge in [-0.3, -0.25) is 4.79 Å². The summed E-state index contributed by atoms with van der Waals surface area (Å²) in [5.74, 6) is 1.60. The predicted octanol–water partition coefficient (Wildman–Crippen LogP) is 3.28. The Hall–Kier alpha value is -1.51. The topological polar surface area (TPSA) is 38.3 Å². The first-order valence-electron chi connectivity index (χ1n) is 7.17. The molecule has 0 saturated heterocycles. The smallest absolute Gasteiger partial charge is 0.220 e. The summed E-state index contributed by atoms with van der Waals surface area (Å²) < 4.78 is 5.17. The van der Waals surface area contributed by atoms with Crippen LogP contribution in [0.2, 0.25) is 0 Å². The largest absolute Gasteiger partial charge is 0.497 e. The summed E-state index contributed by atoms with van der Waals surface area (Å²) in [7, 11) is 1.65. The van der Waals surface area contributed by atoms with Crippen molar-refractivity contribution in [3.05, 3.63) is 29.8 Å². The molecule has 0 atom stereocenters. The first-order valence-corrected chi connectivity index (χ1v) is 7.17. The van der Waals surface area contributed by atoms with Gasteiger partial charge in [-0.15, -0.1) is 0 Å². The highest BCUT2D eigenvalue weighted by molar-refractivity contribution is 5.76. The Kier molecular flexibility index (Phi) is 5.25. The van der Waals surface area contributed by atoms with Crippen LogP contribution in [0.5, 0.6) is 5.75 Å². The second-order valence-electron chi connectivity index (χ2n) is 5.34. The SMILES string of the molecule is COc1cccc(CNC(=O)CC2CCCCC2)c1. The van der Waals surface area contributed by atoms with Gasteiger partial charge in [-0.05, 0) is 36.5 Å². The summed E-state index contributed by atoms with van der Waals surface area (Å²) in [6.07, 6.45) is 7.02. The molecule has 1 aromatic carbocycles. The molecule has 0 spiro atoms. The van der Waals surface area contributed by atoms with Crippen LogP contribution in [0.15, 0.2) is 24.3 Å². The van der Waals surface area contributed by atoms with Crippen molar-refractivity contribution in [2.45, 2.75) is 45.1 Å². The number of nitrogens with one attached hydrogen (secondary N) is 1. The molecular formula is C16H23NO2. The molecule has 3 nitrogen and oxygen atoms in total. The van der Waals surface area contributed by atoms with E-state index < -0.39 is 0 Å². The van der Waals surface area contributed by atoms with Gasteiger partial charge < -0.3 is 10.1 Å². The number of hydrogen-bond acceptors (Lipinski definition) is 2. The molecule has 0 aliphatic heterocycles. The van der Waals surface area contributed by atoms with Gasteiger partial charge in [0.25, 0.3) is 0 Å². The zero-order valence-electron chi connectivity index (χ0n) is 11.7. The van der Waals surface area contributed by atoms with E-state index in [-0.39, 0.29) is 5.91 Å². The van der Waals surface area contributed by atoms with E-state index in [1.165, 1.54) is 32.1 Å². The van der Waals surface area contributed by atoms with Gasteiger partial charge in [-0.25, -0.2) is 0 Å². The highest BCUT2D eigenvalue weighted by Gasteiger charge is 2.16. The summed E-state index contributed by atoms with van der Waals surface area (Å²) in [6.45, 7) is 0.586. The number of methoxy groups -OCH3 is 1. The van der Waals surface area contributed by atoms with Gasteiger partial charge in [0.15, 0.2) is 0 Å². The zero-order chi connectivity index (χ0) is 13.5. The van der Waals surface area contributed by atoms with E-state index in [2.05, 4.69) is 5.32 Å². The molecule has 1 fully saturated rings. The van der Waals surface area contributed by atoms with Gasteiger partial charge in [0.1, 0.15) is 5.75 Å². The van der Waals surface area contributed by atoms with Crippen molar-refractivity contribution in [2.75, 3.05) is 7.11 Å². The molecule has 2 rings (SSSR count). The minimum absolute atomic E-state index is 0.176. The highest BCUT2D eigenvalue weighted by atomic mass is 16.5. The monoisotopic (exact) mass is 261 g/mol. The lowest BCUT2D eigenvalue weighted by Crippen LogP contribution is -2.25. The molecule has 1 N–H and O–H groups in total. The van der Waals surface area contributed by atoms with Gasteiger partial charge >= 0.3 is 0 Å². The number of carbonyl (C=O) groups excluding carboxylic acids is 1. The van der Waals surface area contributed by atoms with Gasteiger partial charge in [-0.1, -0.05) is 31.4 Å². The van der Waals surface area contributed by atoms with Crippen molar-refractivity contribution in [1.29, 1.82) is 0 Å². The number of amides is 1. The molecule has 0 aromatic heterocycles. The maximum atomic E-state index is 11.9. The third kappa shape index (κ3) is 4.58. The molecule has 0 radical (unpaired) electrons. The number of benzene rings is 1. The van der Waals surface area contributed by atoms with E-state index in [0.717, 1.165) is 11.3 Å². The van der Waals surface area contributed by atoms with Crippen LogP contribution in [0.1, 0.15) is 44.1 Å². The Morgan fingerprint density at radius 3 is 2.84 bits per heavy atom. The average Bonchev–Trinajstić information content (AvgIpc) is 2.46. The van der Waals surface area contributed by atoms with Gasteiger partial charge in [0, 0.05) is 13.0 Å². The lowest BCUT2D eigenvalue weighted by atomic mass is 9.87. The van der Waals surface area contributed by atoms with Crippen molar-refractivity contribution in [3.63, 3.8) is 0 Å². The molecule has 19 heavy (non-hydrogen) atoms. The van der Waals surface area contributed by atoms with Gasteiger partial charge in [0.05, 0.1) is 7.11 Å². The maximum absolute atomic E-state index is 11.9. The van der Waals surface area contributed by atoms with Crippen LogP contribution < -0.4 is 10.1 Å². The Balaban J connectivity index is 1.76. The third-order valence-electron chi connectivity index (χ3n) is 3.82. The average molecular weight is 261 g/mol. The molecule has 0 bridgehead atoms. The molecular weight excluding hydrogens is 238 g/mol. The van der Waals surface area contributed by atoms with E-state index in [4.69, 9.17) is 4.74 Å². The Morgan fingerprint density at radius 2 is 2.11 bits per heavy atom. The zero-order valence-corrected chi connectivity index (χ0v) is 11.7. The Morgan fingerprint density at radius 1 is 1.32 bits per heavy atom. The van der Waals surface area contributed by atoms with E-state index in [1.807, 2.05) is 24.3 Å². The summed E-state index contributed by atoms with van der Waals surface area (Å²) in [5, 5.41) is 3.00. The van der Waals surface area contributed by atoms with Crippen molar-refractivity contribution >= 4 is 5.91 Å².